The normalized spacial score (nSPS) is 10.6. The Labute approximate surface area is 197 Å². The number of hydrogen-bond donors (Lipinski definition) is 2. The Bertz CT molecular complexity index is 1200. The van der Waals surface area contributed by atoms with Gasteiger partial charge in [0.25, 0.3) is 11.8 Å². The molecule has 3 aromatic rings. The van der Waals surface area contributed by atoms with Crippen LogP contribution in [0.1, 0.15) is 52.2 Å². The van der Waals surface area contributed by atoms with Gasteiger partial charge in [-0.1, -0.05) is 25.1 Å². The van der Waals surface area contributed by atoms with Crippen molar-refractivity contribution in [3.05, 3.63) is 81.2 Å². The topological polar surface area (TPSA) is 128 Å². The monoisotopic (exact) mass is 465 g/mol. The number of carbonyl (C=O) groups is 2. The molecule has 0 radical (unpaired) electrons. The molecule has 0 unspecified atom stereocenters. The summed E-state index contributed by atoms with van der Waals surface area (Å²) in [7, 11) is 0. The second kappa shape index (κ2) is 11.1. The number of rotatable bonds is 10. The van der Waals surface area contributed by atoms with Crippen LogP contribution in [0.25, 0.3) is 0 Å². The van der Waals surface area contributed by atoms with Crippen LogP contribution in [0.15, 0.2) is 48.7 Å². The van der Waals surface area contributed by atoms with Crippen molar-refractivity contribution in [2.75, 3.05) is 11.9 Å². The number of aryl methyl sites for hydroxylation is 2. The van der Waals surface area contributed by atoms with Crippen LogP contribution in [0, 0.1) is 17.0 Å². The molecule has 0 fully saturated rings. The average Bonchev–Trinajstić information content (AvgIpc) is 3.24. The number of nitrogens with zero attached hydrogens (tertiary/aromatic N) is 3. The second-order valence-electron chi connectivity index (χ2n) is 7.67. The molecule has 34 heavy (non-hydrogen) atoms. The van der Waals surface area contributed by atoms with E-state index in [0.717, 1.165) is 12.0 Å². The minimum Gasteiger partial charge on any atom is -0.482 e. The van der Waals surface area contributed by atoms with Crippen LogP contribution in [-0.2, 0) is 13.2 Å². The van der Waals surface area contributed by atoms with Gasteiger partial charge in [-0.3, -0.25) is 24.4 Å². The number of anilines is 1. The Hall–Kier alpha value is -4.21. The molecular weight excluding hydrogens is 438 g/mol. The Balaban J connectivity index is 1.74. The quantitative estimate of drug-likeness (QED) is 0.343. The lowest BCUT2D eigenvalue weighted by atomic mass is 10.1. The summed E-state index contributed by atoms with van der Waals surface area (Å²) in [6, 6.07) is 11.5. The van der Waals surface area contributed by atoms with Crippen LogP contribution in [-0.4, -0.2) is 33.1 Å². The second-order valence-corrected chi connectivity index (χ2v) is 7.67. The molecule has 0 bridgehead atoms. The predicted molar refractivity (Wildman–Crippen MR) is 127 cm³/mol. The summed E-state index contributed by atoms with van der Waals surface area (Å²) < 4.78 is 7.24. The molecule has 0 saturated carbocycles. The standard InChI is InChI=1S/C24H27N5O5/c1-4-11-25-24(31)22-19(14-28(5-2)27-22)26-23(30)18-8-6-7-17(13-18)15-34-21-10-9-16(3)12-20(21)29(32)33/h6-10,12-14H,4-5,11,15H2,1-3H3,(H,25,31)(H,26,30). The van der Waals surface area contributed by atoms with Crippen LogP contribution < -0.4 is 15.4 Å². The van der Waals surface area contributed by atoms with Crippen molar-refractivity contribution >= 4 is 23.2 Å². The Morgan fingerprint density at radius 2 is 1.94 bits per heavy atom. The predicted octanol–water partition coefficient (Wildman–Crippen LogP) is 4.09. The molecule has 10 nitrogen and oxygen atoms in total. The number of ether oxygens (including phenoxy) is 1. The van der Waals surface area contributed by atoms with Gasteiger partial charge < -0.3 is 15.4 Å². The summed E-state index contributed by atoms with van der Waals surface area (Å²) in [4.78, 5) is 36.1. The van der Waals surface area contributed by atoms with E-state index in [1.807, 2.05) is 13.8 Å². The average molecular weight is 466 g/mol. The molecule has 0 aliphatic carbocycles. The van der Waals surface area contributed by atoms with Crippen LogP contribution in [0.5, 0.6) is 5.75 Å². The number of hydrogen-bond acceptors (Lipinski definition) is 6. The molecule has 1 aromatic heterocycles. The molecule has 0 saturated heterocycles. The lowest BCUT2D eigenvalue weighted by Crippen LogP contribution is -2.26. The maximum Gasteiger partial charge on any atom is 0.311 e. The molecule has 0 spiro atoms. The van der Waals surface area contributed by atoms with Crippen molar-refractivity contribution in [3.8, 4) is 5.75 Å². The molecule has 2 amide bonds. The number of carbonyl (C=O) groups excluding carboxylic acids is 2. The summed E-state index contributed by atoms with van der Waals surface area (Å²) in [6.07, 6.45) is 2.39. The molecule has 10 heteroatoms. The van der Waals surface area contributed by atoms with Gasteiger partial charge in [0.05, 0.1) is 10.6 Å². The van der Waals surface area contributed by atoms with Crippen LogP contribution in [0.3, 0.4) is 0 Å². The lowest BCUT2D eigenvalue weighted by molar-refractivity contribution is -0.386. The third-order valence-electron chi connectivity index (χ3n) is 4.98. The molecule has 2 N–H and O–H groups in total. The van der Waals surface area contributed by atoms with Crippen LogP contribution in [0.2, 0.25) is 0 Å². The highest BCUT2D eigenvalue weighted by atomic mass is 16.6. The van der Waals surface area contributed by atoms with Crippen LogP contribution in [0.4, 0.5) is 11.4 Å². The van der Waals surface area contributed by atoms with Gasteiger partial charge in [0, 0.05) is 30.9 Å². The summed E-state index contributed by atoms with van der Waals surface area (Å²) >= 11 is 0. The van der Waals surface area contributed by atoms with Gasteiger partial charge in [-0.25, -0.2) is 0 Å². The van der Waals surface area contributed by atoms with Gasteiger partial charge in [-0.05, 0) is 49.6 Å². The van der Waals surface area contributed by atoms with Crippen molar-refractivity contribution in [3.63, 3.8) is 0 Å². The van der Waals surface area contributed by atoms with Gasteiger partial charge in [-0.2, -0.15) is 5.10 Å². The van der Waals surface area contributed by atoms with E-state index >= 15 is 0 Å². The van der Waals surface area contributed by atoms with E-state index in [9.17, 15) is 19.7 Å². The first kappa shape index (κ1) is 24.4. The maximum absolute atomic E-state index is 12.9. The Morgan fingerprint density at radius 3 is 2.65 bits per heavy atom. The van der Waals surface area contributed by atoms with E-state index < -0.39 is 10.8 Å². The van der Waals surface area contributed by atoms with Crippen molar-refractivity contribution in [2.45, 2.75) is 40.3 Å². The molecule has 0 aliphatic heterocycles. The highest BCUT2D eigenvalue weighted by molar-refractivity contribution is 6.08. The molecule has 1 heterocycles. The molecule has 178 valence electrons. The minimum atomic E-state index is -0.489. The number of nitro benzene ring substituents is 1. The smallest absolute Gasteiger partial charge is 0.311 e. The first-order valence-electron chi connectivity index (χ1n) is 11.0. The zero-order valence-corrected chi connectivity index (χ0v) is 19.3. The fourth-order valence-corrected chi connectivity index (χ4v) is 3.21. The number of nitrogens with one attached hydrogen (secondary N) is 2. The molecular formula is C24H27N5O5. The van der Waals surface area contributed by atoms with E-state index in [2.05, 4.69) is 15.7 Å². The van der Waals surface area contributed by atoms with Crippen LogP contribution >= 0.6 is 0 Å². The SMILES string of the molecule is CCCNC(=O)c1nn(CC)cc1NC(=O)c1cccc(COc2ccc(C)cc2[N+](=O)[O-])c1. The van der Waals surface area contributed by atoms with E-state index in [-0.39, 0.29) is 29.6 Å². The zero-order valence-electron chi connectivity index (χ0n) is 19.3. The number of nitro groups is 1. The Morgan fingerprint density at radius 1 is 1.15 bits per heavy atom. The highest BCUT2D eigenvalue weighted by Crippen LogP contribution is 2.28. The van der Waals surface area contributed by atoms with Crippen molar-refractivity contribution in [1.82, 2.24) is 15.1 Å². The van der Waals surface area contributed by atoms with Crippen molar-refractivity contribution in [2.24, 2.45) is 0 Å². The lowest BCUT2D eigenvalue weighted by Gasteiger charge is -2.09. The Kier molecular flexibility index (Phi) is 7.96. The highest BCUT2D eigenvalue weighted by Gasteiger charge is 2.19. The largest absolute Gasteiger partial charge is 0.482 e. The van der Waals surface area contributed by atoms with Crippen molar-refractivity contribution in [1.29, 1.82) is 0 Å². The molecule has 3 rings (SSSR count). The minimum absolute atomic E-state index is 0.0451. The number of aromatic nitrogens is 2. The number of benzene rings is 2. The van der Waals surface area contributed by atoms with Gasteiger partial charge >= 0.3 is 5.69 Å². The fraction of sp³-hybridized carbons (Fsp3) is 0.292. The van der Waals surface area contributed by atoms with E-state index in [1.54, 1.807) is 54.2 Å². The van der Waals surface area contributed by atoms with E-state index in [4.69, 9.17) is 4.74 Å². The summed E-state index contributed by atoms with van der Waals surface area (Å²) in [6.45, 7) is 6.69. The fourth-order valence-electron chi connectivity index (χ4n) is 3.21. The van der Waals surface area contributed by atoms with Gasteiger partial charge in [0.15, 0.2) is 11.4 Å². The maximum atomic E-state index is 12.9. The third-order valence-corrected chi connectivity index (χ3v) is 4.98. The van der Waals surface area contributed by atoms with E-state index in [1.165, 1.54) is 6.07 Å². The van der Waals surface area contributed by atoms with E-state index in [0.29, 0.717) is 29.9 Å². The summed E-state index contributed by atoms with van der Waals surface area (Å²) in [5, 5.41) is 21.1. The summed E-state index contributed by atoms with van der Waals surface area (Å²) in [5.41, 5.74) is 2.12. The summed E-state index contributed by atoms with van der Waals surface area (Å²) in [5.74, 6) is -0.616. The number of amides is 2. The first-order valence-corrected chi connectivity index (χ1v) is 11.0. The first-order chi connectivity index (χ1) is 16.3. The third kappa shape index (κ3) is 5.97. The molecule has 2 aromatic carbocycles. The molecule has 0 aliphatic rings. The van der Waals surface area contributed by atoms with Gasteiger partial charge in [0.2, 0.25) is 0 Å². The van der Waals surface area contributed by atoms with Gasteiger partial charge in [-0.15, -0.1) is 0 Å². The van der Waals surface area contributed by atoms with Gasteiger partial charge in [0.1, 0.15) is 6.61 Å². The molecule has 0 atom stereocenters. The van der Waals surface area contributed by atoms with Crippen molar-refractivity contribution < 1.29 is 19.2 Å². The zero-order chi connectivity index (χ0) is 24.7.